The number of nitrogens with zero attached hydrogens (tertiary/aromatic N) is 2. The summed E-state index contributed by atoms with van der Waals surface area (Å²) in [6, 6.07) is 12.1. The van der Waals surface area contributed by atoms with Crippen LogP contribution in [0.2, 0.25) is 0 Å². The molecule has 2 heterocycles. The molecule has 2 aliphatic rings. The molecule has 2 aromatic carbocycles. The molecule has 2 aliphatic heterocycles. The lowest BCUT2D eigenvalue weighted by atomic mass is 9.95. The summed E-state index contributed by atoms with van der Waals surface area (Å²) in [5.74, 6) is -1.03. The van der Waals surface area contributed by atoms with Crippen molar-refractivity contribution < 1.29 is 18.6 Å². The fourth-order valence-electron chi connectivity index (χ4n) is 3.41. The lowest BCUT2D eigenvalue weighted by Gasteiger charge is -2.41. The number of nitroso groups, excluding NO2 is 1. The highest BCUT2D eigenvalue weighted by molar-refractivity contribution is 6.03. The third-order valence-electron chi connectivity index (χ3n) is 4.64. The molecule has 0 saturated heterocycles. The number of fused-ring (bicyclic) bond motifs is 2. The van der Waals surface area contributed by atoms with Gasteiger partial charge in [0.25, 0.3) is 23.4 Å². The van der Waals surface area contributed by atoms with E-state index in [9.17, 15) is 19.3 Å². The standard InChI is InChI=1S/C19H14FN2O3/c20-14-6-7-16-15(11-14)17(10-13-4-2-1-3-5-13)22(25)9-8-19(23)18(22)12-21(16)24/h1-9,11-12,17H,10H2/q+1. The van der Waals surface area contributed by atoms with Gasteiger partial charge in [-0.3, -0.25) is 9.44 Å². The molecule has 2 aromatic rings. The van der Waals surface area contributed by atoms with Gasteiger partial charge in [-0.15, -0.1) is 0 Å². The van der Waals surface area contributed by atoms with Gasteiger partial charge >= 0.3 is 0 Å². The number of halogens is 1. The Morgan fingerprint density at radius 2 is 1.92 bits per heavy atom. The van der Waals surface area contributed by atoms with Crippen LogP contribution in [0, 0.1) is 15.9 Å². The zero-order valence-corrected chi connectivity index (χ0v) is 13.1. The van der Waals surface area contributed by atoms with Gasteiger partial charge in [0.1, 0.15) is 18.1 Å². The summed E-state index contributed by atoms with van der Waals surface area (Å²) >= 11 is 0. The van der Waals surface area contributed by atoms with Crippen molar-refractivity contribution in [1.29, 1.82) is 0 Å². The van der Waals surface area contributed by atoms with E-state index in [2.05, 4.69) is 0 Å². The topological polar surface area (TPSA) is 60.2 Å². The van der Waals surface area contributed by atoms with E-state index in [1.54, 1.807) is 0 Å². The maximum atomic E-state index is 13.9. The second kappa shape index (κ2) is 5.54. The second-order valence-electron chi connectivity index (χ2n) is 6.14. The molecule has 0 fully saturated rings. The molecule has 5 nitrogen and oxygen atoms in total. The van der Waals surface area contributed by atoms with Crippen molar-refractivity contribution in [2.75, 3.05) is 0 Å². The first-order valence-corrected chi connectivity index (χ1v) is 7.84. The minimum absolute atomic E-state index is 0.160. The summed E-state index contributed by atoms with van der Waals surface area (Å²) in [6.07, 6.45) is 3.69. The van der Waals surface area contributed by atoms with Gasteiger partial charge in [0.05, 0.1) is 10.3 Å². The molecule has 2 unspecified atom stereocenters. The van der Waals surface area contributed by atoms with E-state index in [0.29, 0.717) is 10.3 Å². The van der Waals surface area contributed by atoms with Gasteiger partial charge in [0.15, 0.2) is 0 Å². The third-order valence-corrected chi connectivity index (χ3v) is 4.64. The van der Waals surface area contributed by atoms with Crippen LogP contribution in [0.15, 0.2) is 72.7 Å². The minimum atomic E-state index is -1.09. The van der Waals surface area contributed by atoms with E-state index >= 15 is 0 Å². The van der Waals surface area contributed by atoms with Crippen LogP contribution in [0.4, 0.5) is 10.1 Å². The van der Waals surface area contributed by atoms with Gasteiger partial charge in [0.2, 0.25) is 0 Å². The molecule has 0 radical (unpaired) electrons. The maximum Gasteiger partial charge on any atom is 0.293 e. The highest BCUT2D eigenvalue weighted by atomic mass is 19.1. The summed E-state index contributed by atoms with van der Waals surface area (Å²) in [5.41, 5.74) is 1.17. The molecule has 25 heavy (non-hydrogen) atoms. The summed E-state index contributed by atoms with van der Waals surface area (Å²) in [6.45, 7) is 0. The molecule has 0 aromatic heterocycles. The van der Waals surface area contributed by atoms with Crippen LogP contribution in [0.5, 0.6) is 0 Å². The summed E-state index contributed by atoms with van der Waals surface area (Å²) in [5, 5.41) is 13.5. The smallest absolute Gasteiger partial charge is 0.293 e. The molecule has 4 rings (SSSR count). The fourth-order valence-corrected chi connectivity index (χ4v) is 3.41. The maximum absolute atomic E-state index is 13.9. The molecule has 0 bridgehead atoms. The van der Waals surface area contributed by atoms with Crippen LogP contribution in [-0.2, 0) is 11.2 Å². The Balaban J connectivity index is 1.94. The highest BCUT2D eigenvalue weighted by Gasteiger charge is 2.48. The van der Waals surface area contributed by atoms with Crippen molar-refractivity contribution in [3.63, 3.8) is 0 Å². The van der Waals surface area contributed by atoms with Gasteiger partial charge in [0, 0.05) is 23.5 Å². The third kappa shape index (κ3) is 2.43. The Morgan fingerprint density at radius 3 is 2.68 bits per heavy atom. The second-order valence-corrected chi connectivity index (χ2v) is 6.14. The monoisotopic (exact) mass is 337 g/mol. The van der Waals surface area contributed by atoms with Gasteiger partial charge in [-0.2, -0.15) is 0 Å². The van der Waals surface area contributed by atoms with Gasteiger partial charge in [-0.25, -0.2) is 4.39 Å². The molecule has 2 atom stereocenters. The number of hydrogen-bond donors (Lipinski definition) is 0. The van der Waals surface area contributed by atoms with Crippen molar-refractivity contribution in [1.82, 2.24) is 0 Å². The zero-order valence-electron chi connectivity index (χ0n) is 13.1. The van der Waals surface area contributed by atoms with Crippen molar-refractivity contribution in [2.24, 2.45) is 0 Å². The van der Waals surface area contributed by atoms with Gasteiger partial charge < -0.3 is 5.21 Å². The van der Waals surface area contributed by atoms with Crippen LogP contribution in [0.3, 0.4) is 0 Å². The molecule has 124 valence electrons. The van der Waals surface area contributed by atoms with E-state index in [4.69, 9.17) is 0 Å². The molecule has 0 amide bonds. The average Bonchev–Trinajstić information content (AvgIpc) is 2.85. The molecule has 0 saturated carbocycles. The SMILES string of the molecule is O=C1C=C[N+]2([O-])C1=C[N+](=O)c1ccc(F)cc1C2Cc1ccccc1. The van der Waals surface area contributed by atoms with Crippen LogP contribution < -0.4 is 0 Å². The van der Waals surface area contributed by atoms with E-state index in [1.165, 1.54) is 30.5 Å². The lowest BCUT2D eigenvalue weighted by Crippen LogP contribution is -2.39. The first-order chi connectivity index (χ1) is 12.0. The zero-order chi connectivity index (χ0) is 17.6. The Kier molecular flexibility index (Phi) is 3.45. The van der Waals surface area contributed by atoms with E-state index in [-0.39, 0.29) is 17.8 Å². The van der Waals surface area contributed by atoms with Crippen LogP contribution in [0.1, 0.15) is 17.2 Å². The quantitative estimate of drug-likeness (QED) is 0.476. The van der Waals surface area contributed by atoms with Crippen LogP contribution >= 0.6 is 0 Å². The van der Waals surface area contributed by atoms with Gasteiger partial charge in [-0.05, 0) is 17.7 Å². The summed E-state index contributed by atoms with van der Waals surface area (Å²) in [7, 11) is 0. The minimum Gasteiger partial charge on any atom is -0.622 e. The highest BCUT2D eigenvalue weighted by Crippen LogP contribution is 2.45. The number of benzene rings is 2. The van der Waals surface area contributed by atoms with Crippen LogP contribution in [0.25, 0.3) is 0 Å². The molecular weight excluding hydrogens is 323 g/mol. The predicted octanol–water partition coefficient (Wildman–Crippen LogP) is 3.79. The number of hydroxylamine groups is 3. The van der Waals surface area contributed by atoms with E-state index in [0.717, 1.165) is 11.8 Å². The van der Waals surface area contributed by atoms with Crippen molar-refractivity contribution in [3.05, 3.63) is 99.8 Å². The summed E-state index contributed by atoms with van der Waals surface area (Å²) in [4.78, 5) is 24.6. The fraction of sp³-hybridized carbons (Fsp3) is 0.105. The van der Waals surface area contributed by atoms with E-state index < -0.39 is 22.3 Å². The number of quaternary nitrogens is 1. The number of carbonyl (C=O) groups excluding carboxylic acids is 1. The Hall–Kier alpha value is -2.96. The lowest BCUT2D eigenvalue weighted by molar-refractivity contribution is -0.816. The normalized spacial score (nSPS) is 24.6. The number of ketones is 1. The Labute approximate surface area is 143 Å². The predicted molar refractivity (Wildman–Crippen MR) is 88.4 cm³/mol. The van der Waals surface area contributed by atoms with Crippen molar-refractivity contribution in [2.45, 2.75) is 12.5 Å². The summed E-state index contributed by atoms with van der Waals surface area (Å²) < 4.78 is 13.3. The average molecular weight is 337 g/mol. The van der Waals surface area contributed by atoms with Crippen LogP contribution in [-0.4, -0.2) is 15.2 Å². The molecule has 6 heteroatoms. The first-order valence-electron chi connectivity index (χ1n) is 7.84. The molecule has 0 N–H and O–H groups in total. The number of rotatable bonds is 2. The molecular formula is C19H14FN2O3+. The molecule has 0 aliphatic carbocycles. The van der Waals surface area contributed by atoms with Crippen molar-refractivity contribution >= 4 is 11.5 Å². The number of carbonyl (C=O) groups is 1. The molecule has 0 spiro atoms. The number of hydrogen-bond acceptors (Lipinski definition) is 3. The van der Waals surface area contributed by atoms with Crippen molar-refractivity contribution in [3.8, 4) is 0 Å². The Bertz CT molecular complexity index is 952. The van der Waals surface area contributed by atoms with E-state index in [1.807, 2.05) is 30.3 Å². The number of allylic oxidation sites excluding steroid dienone is 1. The first kappa shape index (κ1) is 15.6. The Morgan fingerprint density at radius 1 is 1.16 bits per heavy atom. The van der Waals surface area contributed by atoms with Gasteiger partial charge in [-0.1, -0.05) is 30.3 Å². The largest absolute Gasteiger partial charge is 0.622 e.